The second-order valence-corrected chi connectivity index (χ2v) is 6.62. The molecule has 0 aliphatic heterocycles. The van der Waals surface area contributed by atoms with Crippen molar-refractivity contribution in [2.45, 2.75) is 44.8 Å². The van der Waals surface area contributed by atoms with Gasteiger partial charge in [0.1, 0.15) is 18.5 Å². The molecule has 0 amide bonds. The highest BCUT2D eigenvalue weighted by Gasteiger charge is 2.21. The van der Waals surface area contributed by atoms with E-state index in [1.807, 2.05) is 0 Å². The summed E-state index contributed by atoms with van der Waals surface area (Å²) in [5.41, 5.74) is 0. The molecule has 3 nitrogen and oxygen atoms in total. The van der Waals surface area contributed by atoms with Gasteiger partial charge in [0.25, 0.3) is 0 Å². The molecule has 0 heterocycles. The van der Waals surface area contributed by atoms with Gasteiger partial charge in [0.2, 0.25) is 0 Å². The van der Waals surface area contributed by atoms with Crippen LogP contribution in [-0.2, 0) is 0 Å². The summed E-state index contributed by atoms with van der Waals surface area (Å²) in [5.74, 6) is 1.24. The summed E-state index contributed by atoms with van der Waals surface area (Å²) in [6, 6.07) is 5.49. The third-order valence-corrected chi connectivity index (χ3v) is 4.65. The second-order valence-electron chi connectivity index (χ2n) is 5.78. The lowest BCUT2D eigenvalue weighted by molar-refractivity contribution is 0.102. The van der Waals surface area contributed by atoms with Crippen LogP contribution in [0.2, 0.25) is 10.0 Å². The van der Waals surface area contributed by atoms with E-state index in [4.69, 9.17) is 27.9 Å². The van der Waals surface area contributed by atoms with E-state index in [0.29, 0.717) is 28.4 Å². The molecule has 1 aliphatic carbocycles. The average Bonchev–Trinajstić information content (AvgIpc) is 3.00. The van der Waals surface area contributed by atoms with Gasteiger partial charge >= 0.3 is 0 Å². The molecule has 0 aromatic heterocycles. The Hall–Kier alpha value is -0.480. The lowest BCUT2D eigenvalue weighted by Gasteiger charge is -2.22. The van der Waals surface area contributed by atoms with Gasteiger partial charge in [-0.25, -0.2) is 0 Å². The van der Waals surface area contributed by atoms with E-state index in [0.717, 1.165) is 5.92 Å². The Morgan fingerprint density at radius 1 is 1.33 bits per heavy atom. The van der Waals surface area contributed by atoms with Gasteiger partial charge in [-0.3, -0.25) is 0 Å². The van der Waals surface area contributed by atoms with Crippen molar-refractivity contribution in [2.75, 3.05) is 13.2 Å². The van der Waals surface area contributed by atoms with Gasteiger partial charge in [0, 0.05) is 23.7 Å². The maximum absolute atomic E-state index is 10.00. The van der Waals surface area contributed by atoms with Crippen molar-refractivity contribution in [3.8, 4) is 5.75 Å². The fraction of sp³-hybridized carbons (Fsp3) is 0.625. The molecule has 1 unspecified atom stereocenters. The van der Waals surface area contributed by atoms with Gasteiger partial charge < -0.3 is 15.2 Å². The Balaban J connectivity index is 1.71. The Bertz CT molecular complexity index is 450. The Labute approximate surface area is 136 Å². The van der Waals surface area contributed by atoms with Crippen molar-refractivity contribution in [1.29, 1.82) is 0 Å². The first kappa shape index (κ1) is 16.9. The van der Waals surface area contributed by atoms with Crippen LogP contribution in [0.1, 0.15) is 32.6 Å². The molecule has 2 atom stereocenters. The van der Waals surface area contributed by atoms with Crippen molar-refractivity contribution >= 4 is 23.2 Å². The monoisotopic (exact) mass is 331 g/mol. The normalized spacial score (nSPS) is 18.7. The predicted octanol–water partition coefficient (Wildman–Crippen LogP) is 3.90. The molecule has 2 N–H and O–H groups in total. The van der Waals surface area contributed by atoms with Crippen LogP contribution in [0, 0.1) is 5.92 Å². The molecule has 118 valence electrons. The van der Waals surface area contributed by atoms with Crippen molar-refractivity contribution < 1.29 is 9.84 Å². The van der Waals surface area contributed by atoms with E-state index < -0.39 is 6.10 Å². The summed E-state index contributed by atoms with van der Waals surface area (Å²) < 4.78 is 5.53. The molecule has 0 bridgehead atoms. The minimum Gasteiger partial charge on any atom is -0.489 e. The summed E-state index contributed by atoms with van der Waals surface area (Å²) in [6.07, 6.45) is 4.67. The van der Waals surface area contributed by atoms with Gasteiger partial charge in [-0.15, -0.1) is 0 Å². The zero-order valence-electron chi connectivity index (χ0n) is 12.3. The highest BCUT2D eigenvalue weighted by atomic mass is 35.5. The molecule has 21 heavy (non-hydrogen) atoms. The molecule has 0 saturated heterocycles. The van der Waals surface area contributed by atoms with Gasteiger partial charge in [0.05, 0.1) is 5.02 Å². The summed E-state index contributed by atoms with van der Waals surface area (Å²) in [6.45, 7) is 2.91. The molecule has 1 fully saturated rings. The average molecular weight is 332 g/mol. The fourth-order valence-electron chi connectivity index (χ4n) is 2.78. The Morgan fingerprint density at radius 3 is 2.76 bits per heavy atom. The second kappa shape index (κ2) is 8.23. The summed E-state index contributed by atoms with van der Waals surface area (Å²) in [7, 11) is 0. The number of aliphatic hydroxyl groups excluding tert-OH is 1. The SMILES string of the molecule is C[C@@H](NCC(O)COc1cc(Cl)ccc1Cl)C1CCCC1. The van der Waals surface area contributed by atoms with E-state index in [-0.39, 0.29) is 6.61 Å². The highest BCUT2D eigenvalue weighted by molar-refractivity contribution is 6.34. The van der Waals surface area contributed by atoms with Gasteiger partial charge in [-0.2, -0.15) is 0 Å². The molecular weight excluding hydrogens is 309 g/mol. The number of benzene rings is 1. The van der Waals surface area contributed by atoms with Crippen molar-refractivity contribution in [1.82, 2.24) is 5.32 Å². The van der Waals surface area contributed by atoms with Crippen LogP contribution < -0.4 is 10.1 Å². The molecule has 0 radical (unpaired) electrons. The van der Waals surface area contributed by atoms with Crippen molar-refractivity contribution in [3.05, 3.63) is 28.2 Å². The molecule has 0 spiro atoms. The Morgan fingerprint density at radius 2 is 2.05 bits per heavy atom. The van der Waals surface area contributed by atoms with Crippen LogP contribution in [0.15, 0.2) is 18.2 Å². The highest BCUT2D eigenvalue weighted by Crippen LogP contribution is 2.28. The maximum atomic E-state index is 10.00. The number of aliphatic hydroxyl groups is 1. The predicted molar refractivity (Wildman–Crippen MR) is 87.4 cm³/mol. The molecule has 2 rings (SSSR count). The largest absolute Gasteiger partial charge is 0.489 e. The molecule has 1 aromatic rings. The number of hydrogen-bond acceptors (Lipinski definition) is 3. The van der Waals surface area contributed by atoms with Crippen LogP contribution >= 0.6 is 23.2 Å². The van der Waals surface area contributed by atoms with E-state index in [9.17, 15) is 5.11 Å². The number of hydrogen-bond donors (Lipinski definition) is 2. The van der Waals surface area contributed by atoms with Crippen LogP contribution in [0.5, 0.6) is 5.75 Å². The van der Waals surface area contributed by atoms with Crippen molar-refractivity contribution in [2.24, 2.45) is 5.92 Å². The first-order valence-corrected chi connectivity index (χ1v) is 8.31. The lowest BCUT2D eigenvalue weighted by Crippen LogP contribution is -2.39. The van der Waals surface area contributed by atoms with E-state index in [1.54, 1.807) is 18.2 Å². The number of halogens is 2. The number of ether oxygens (including phenoxy) is 1. The first-order chi connectivity index (χ1) is 10.1. The van der Waals surface area contributed by atoms with Crippen LogP contribution in [0.25, 0.3) is 0 Å². The third-order valence-electron chi connectivity index (χ3n) is 4.11. The van der Waals surface area contributed by atoms with Gasteiger partial charge in [0.15, 0.2) is 0 Å². The minimum atomic E-state index is -0.566. The minimum absolute atomic E-state index is 0.199. The van der Waals surface area contributed by atoms with Crippen LogP contribution in [0.4, 0.5) is 0 Å². The molecule has 1 aliphatic rings. The topological polar surface area (TPSA) is 41.5 Å². The zero-order chi connectivity index (χ0) is 15.2. The van der Waals surface area contributed by atoms with Gasteiger partial charge in [-0.1, -0.05) is 36.0 Å². The smallest absolute Gasteiger partial charge is 0.139 e. The standard InChI is InChI=1S/C16H23Cl2NO2/c1-11(12-4-2-3-5-12)19-9-14(20)10-21-16-8-13(17)6-7-15(16)18/h6-8,11-12,14,19-20H,2-5,9-10H2,1H3/t11-,14?/m1/s1. The molecular formula is C16H23Cl2NO2. The van der Waals surface area contributed by atoms with E-state index in [1.165, 1.54) is 25.7 Å². The quantitative estimate of drug-likeness (QED) is 0.796. The van der Waals surface area contributed by atoms with E-state index >= 15 is 0 Å². The summed E-state index contributed by atoms with van der Waals surface area (Å²) in [4.78, 5) is 0. The summed E-state index contributed by atoms with van der Waals surface area (Å²) >= 11 is 11.9. The fourth-order valence-corrected chi connectivity index (χ4v) is 3.11. The Kier molecular flexibility index (Phi) is 6.62. The van der Waals surface area contributed by atoms with Crippen LogP contribution in [0.3, 0.4) is 0 Å². The molecule has 5 heteroatoms. The van der Waals surface area contributed by atoms with Gasteiger partial charge in [-0.05, 0) is 37.8 Å². The van der Waals surface area contributed by atoms with Crippen molar-refractivity contribution in [3.63, 3.8) is 0 Å². The zero-order valence-corrected chi connectivity index (χ0v) is 13.8. The third kappa shape index (κ3) is 5.33. The number of nitrogens with one attached hydrogen (secondary N) is 1. The lowest BCUT2D eigenvalue weighted by atomic mass is 10.00. The van der Waals surface area contributed by atoms with Crippen LogP contribution in [-0.4, -0.2) is 30.4 Å². The summed E-state index contributed by atoms with van der Waals surface area (Å²) in [5, 5.41) is 14.5. The van der Waals surface area contributed by atoms with E-state index in [2.05, 4.69) is 12.2 Å². The number of rotatable bonds is 7. The first-order valence-electron chi connectivity index (χ1n) is 7.55. The molecule has 1 aromatic carbocycles. The molecule has 1 saturated carbocycles. The maximum Gasteiger partial charge on any atom is 0.139 e.